The highest BCUT2D eigenvalue weighted by Crippen LogP contribution is 2.27. The van der Waals surface area contributed by atoms with Crippen molar-refractivity contribution in [1.82, 2.24) is 14.5 Å². The van der Waals surface area contributed by atoms with Gasteiger partial charge in [0.05, 0.1) is 10.8 Å². The van der Waals surface area contributed by atoms with Crippen LogP contribution in [0.25, 0.3) is 0 Å². The second-order valence-corrected chi connectivity index (χ2v) is 10.2. The number of likely N-dealkylation sites (tertiary alicyclic amines) is 1. The van der Waals surface area contributed by atoms with E-state index >= 15 is 0 Å². The lowest BCUT2D eigenvalue weighted by Crippen LogP contribution is -2.52. The Morgan fingerprint density at radius 3 is 2.59 bits per heavy atom. The van der Waals surface area contributed by atoms with E-state index in [1.54, 1.807) is 30.0 Å². The molecule has 2 aliphatic heterocycles. The topological polar surface area (TPSA) is 86.8 Å². The van der Waals surface area contributed by atoms with Gasteiger partial charge in [-0.05, 0) is 50.3 Å². The van der Waals surface area contributed by atoms with Crippen LogP contribution in [0.5, 0.6) is 0 Å². The summed E-state index contributed by atoms with van der Waals surface area (Å²) in [6.45, 7) is 4.99. The molecule has 2 aliphatic rings. The van der Waals surface area contributed by atoms with Gasteiger partial charge in [0, 0.05) is 44.2 Å². The highest BCUT2D eigenvalue weighted by molar-refractivity contribution is 7.89. The summed E-state index contributed by atoms with van der Waals surface area (Å²) < 4.78 is 27.7. The predicted molar refractivity (Wildman–Crippen MR) is 111 cm³/mol. The van der Waals surface area contributed by atoms with Crippen molar-refractivity contribution < 1.29 is 18.0 Å². The minimum atomic E-state index is -3.68. The third kappa shape index (κ3) is 4.92. The third-order valence-corrected chi connectivity index (χ3v) is 8.22. The van der Waals surface area contributed by atoms with Crippen molar-refractivity contribution in [3.05, 3.63) is 28.8 Å². The summed E-state index contributed by atoms with van der Waals surface area (Å²) in [7, 11) is -3.68. The average molecular weight is 442 g/mol. The zero-order valence-electron chi connectivity index (χ0n) is 16.9. The van der Waals surface area contributed by atoms with E-state index in [1.807, 2.05) is 0 Å². The van der Waals surface area contributed by atoms with E-state index in [-0.39, 0.29) is 35.2 Å². The van der Waals surface area contributed by atoms with Gasteiger partial charge in [0.15, 0.2) is 0 Å². The molecule has 160 valence electrons. The molecule has 1 N–H and O–H groups in total. The molecule has 3 rings (SSSR count). The van der Waals surface area contributed by atoms with Gasteiger partial charge in [-0.1, -0.05) is 17.7 Å². The predicted octanol–water partition coefficient (Wildman–Crippen LogP) is 2.18. The molecule has 2 heterocycles. The van der Waals surface area contributed by atoms with Gasteiger partial charge in [0.2, 0.25) is 21.8 Å². The van der Waals surface area contributed by atoms with E-state index in [4.69, 9.17) is 11.6 Å². The van der Waals surface area contributed by atoms with Gasteiger partial charge in [-0.2, -0.15) is 4.31 Å². The smallest absolute Gasteiger partial charge is 0.243 e. The Kier molecular flexibility index (Phi) is 6.86. The fourth-order valence-corrected chi connectivity index (χ4v) is 6.08. The van der Waals surface area contributed by atoms with Crippen molar-refractivity contribution in [2.75, 3.05) is 26.2 Å². The Balaban J connectivity index is 1.67. The maximum Gasteiger partial charge on any atom is 0.243 e. The first-order valence-electron chi connectivity index (χ1n) is 10.0. The summed E-state index contributed by atoms with van der Waals surface area (Å²) in [4.78, 5) is 26.2. The van der Waals surface area contributed by atoms with Crippen LogP contribution in [0.15, 0.2) is 23.1 Å². The van der Waals surface area contributed by atoms with Gasteiger partial charge in [-0.25, -0.2) is 8.42 Å². The van der Waals surface area contributed by atoms with E-state index in [2.05, 4.69) is 5.32 Å². The summed E-state index contributed by atoms with van der Waals surface area (Å²) in [5.74, 6) is -0.358. The largest absolute Gasteiger partial charge is 0.352 e. The van der Waals surface area contributed by atoms with E-state index in [9.17, 15) is 18.0 Å². The van der Waals surface area contributed by atoms with Crippen molar-refractivity contribution in [3.63, 3.8) is 0 Å². The van der Waals surface area contributed by atoms with Crippen LogP contribution in [-0.4, -0.2) is 61.7 Å². The molecule has 2 atom stereocenters. The highest BCUT2D eigenvalue weighted by Gasteiger charge is 2.34. The Hall–Kier alpha value is -1.64. The lowest BCUT2D eigenvalue weighted by molar-refractivity contribution is -0.134. The zero-order valence-corrected chi connectivity index (χ0v) is 18.4. The van der Waals surface area contributed by atoms with Crippen molar-refractivity contribution >= 4 is 33.4 Å². The zero-order chi connectivity index (χ0) is 21.2. The fraction of sp³-hybridized carbons (Fsp3) is 0.600. The molecule has 2 fully saturated rings. The number of halogens is 1. The van der Waals surface area contributed by atoms with Crippen LogP contribution in [0.3, 0.4) is 0 Å². The maximum absolute atomic E-state index is 13.1. The number of hydrogen-bond acceptors (Lipinski definition) is 4. The lowest BCUT2D eigenvalue weighted by Gasteiger charge is -2.35. The number of sulfonamides is 1. The van der Waals surface area contributed by atoms with Gasteiger partial charge >= 0.3 is 0 Å². The molecule has 2 saturated heterocycles. The van der Waals surface area contributed by atoms with E-state index in [0.717, 1.165) is 19.3 Å². The number of carbonyl (C=O) groups is 2. The average Bonchev–Trinajstić information content (AvgIpc) is 2.70. The molecule has 0 saturated carbocycles. The molecule has 29 heavy (non-hydrogen) atoms. The number of amides is 2. The van der Waals surface area contributed by atoms with Crippen LogP contribution >= 0.6 is 11.6 Å². The lowest BCUT2D eigenvalue weighted by atomic mass is 9.96. The molecular formula is C20H28ClN3O4S. The Morgan fingerprint density at radius 2 is 1.86 bits per heavy atom. The Labute approximate surface area is 177 Å². The second-order valence-electron chi connectivity index (χ2n) is 7.88. The van der Waals surface area contributed by atoms with Crippen LogP contribution in [0.4, 0.5) is 0 Å². The van der Waals surface area contributed by atoms with Gasteiger partial charge < -0.3 is 10.2 Å². The first kappa shape index (κ1) is 22.1. The van der Waals surface area contributed by atoms with E-state index in [0.29, 0.717) is 36.6 Å². The SMILES string of the molecule is CC(=O)N1CCC[C@H](C(=O)N[C@H]2CCCN(S(=O)(=O)c3cccc(Cl)c3C)C2)C1. The first-order chi connectivity index (χ1) is 13.7. The number of rotatable bonds is 4. The molecule has 0 unspecified atom stereocenters. The summed E-state index contributed by atoms with van der Waals surface area (Å²) in [6, 6.07) is 4.63. The van der Waals surface area contributed by atoms with Gasteiger partial charge in [-0.15, -0.1) is 0 Å². The van der Waals surface area contributed by atoms with E-state index < -0.39 is 10.0 Å². The molecule has 2 amide bonds. The van der Waals surface area contributed by atoms with Crippen LogP contribution in [0, 0.1) is 12.8 Å². The number of benzene rings is 1. The number of nitrogens with one attached hydrogen (secondary N) is 1. The van der Waals surface area contributed by atoms with Gasteiger partial charge in [-0.3, -0.25) is 9.59 Å². The molecule has 0 aromatic heterocycles. The molecule has 7 nitrogen and oxygen atoms in total. The third-order valence-electron chi connectivity index (χ3n) is 5.80. The van der Waals surface area contributed by atoms with E-state index in [1.165, 1.54) is 11.2 Å². The summed E-state index contributed by atoms with van der Waals surface area (Å²) in [5.41, 5.74) is 0.534. The second kappa shape index (κ2) is 9.02. The van der Waals surface area contributed by atoms with Crippen molar-refractivity contribution in [1.29, 1.82) is 0 Å². The van der Waals surface area contributed by atoms with Crippen LogP contribution < -0.4 is 5.32 Å². The molecule has 9 heteroatoms. The summed E-state index contributed by atoms with van der Waals surface area (Å²) >= 11 is 6.11. The number of nitrogens with zero attached hydrogens (tertiary/aromatic N) is 2. The molecule has 1 aromatic rings. The highest BCUT2D eigenvalue weighted by atomic mass is 35.5. The van der Waals surface area contributed by atoms with Gasteiger partial charge in [0.1, 0.15) is 0 Å². The van der Waals surface area contributed by atoms with Crippen molar-refractivity contribution in [3.8, 4) is 0 Å². The molecule has 0 aliphatic carbocycles. The normalized spacial score (nSPS) is 23.6. The minimum absolute atomic E-state index is 0.0191. The minimum Gasteiger partial charge on any atom is -0.352 e. The number of carbonyl (C=O) groups excluding carboxylic acids is 2. The quantitative estimate of drug-likeness (QED) is 0.775. The maximum atomic E-state index is 13.1. The molecule has 1 aromatic carbocycles. The Morgan fingerprint density at radius 1 is 1.14 bits per heavy atom. The first-order valence-corrected chi connectivity index (χ1v) is 11.8. The summed E-state index contributed by atoms with van der Waals surface area (Å²) in [6.07, 6.45) is 2.95. The van der Waals surface area contributed by atoms with Crippen LogP contribution in [0.1, 0.15) is 38.2 Å². The number of hydrogen-bond donors (Lipinski definition) is 1. The van der Waals surface area contributed by atoms with Gasteiger partial charge in [0.25, 0.3) is 0 Å². The van der Waals surface area contributed by atoms with Crippen molar-refractivity contribution in [2.24, 2.45) is 5.92 Å². The molecule has 0 bridgehead atoms. The monoisotopic (exact) mass is 441 g/mol. The Bertz CT molecular complexity index is 890. The molecule has 0 spiro atoms. The standard InChI is InChI=1S/C20H28ClN3O4S/c1-14-18(21)8-3-9-19(14)29(27,28)24-11-5-7-17(13-24)22-20(26)16-6-4-10-23(12-16)15(2)25/h3,8-9,16-17H,4-7,10-13H2,1-2H3,(H,22,26)/t16-,17-/m0/s1. The van der Waals surface area contributed by atoms with Crippen LogP contribution in [-0.2, 0) is 19.6 Å². The summed E-state index contributed by atoms with van der Waals surface area (Å²) in [5, 5.41) is 3.44. The molecule has 0 radical (unpaired) electrons. The van der Waals surface area contributed by atoms with Crippen LogP contribution in [0.2, 0.25) is 5.02 Å². The number of piperidine rings is 2. The fourth-order valence-electron chi connectivity index (χ4n) is 4.08. The van der Waals surface area contributed by atoms with Crippen molar-refractivity contribution in [2.45, 2.75) is 50.5 Å². The molecular weight excluding hydrogens is 414 g/mol.